The van der Waals surface area contributed by atoms with Crippen LogP contribution in [0.15, 0.2) is 24.3 Å². The Morgan fingerprint density at radius 3 is 2.58 bits per heavy atom. The third-order valence-corrected chi connectivity index (χ3v) is 5.49. The van der Waals surface area contributed by atoms with Crippen LogP contribution >= 0.6 is 0 Å². The molecule has 1 fully saturated rings. The normalized spacial score (nSPS) is 16.1. The molecule has 1 aliphatic heterocycles. The maximum Gasteiger partial charge on any atom is 0.310 e. The molecule has 1 aromatic heterocycles. The van der Waals surface area contributed by atoms with Crippen molar-refractivity contribution in [2.75, 3.05) is 33.3 Å². The van der Waals surface area contributed by atoms with E-state index < -0.39 is 0 Å². The number of carbonyl (C=O) groups excluding carboxylic acids is 3. The van der Waals surface area contributed by atoms with Crippen LogP contribution in [-0.2, 0) is 14.3 Å². The number of piperidine rings is 1. The largest absolute Gasteiger partial charge is 0.466 e. The lowest BCUT2D eigenvalue weighted by molar-refractivity contribution is -0.151. The van der Waals surface area contributed by atoms with Gasteiger partial charge >= 0.3 is 5.97 Å². The Labute approximate surface area is 182 Å². The second-order valence-electron chi connectivity index (χ2n) is 7.86. The van der Waals surface area contributed by atoms with Crippen LogP contribution in [0, 0.1) is 19.8 Å². The van der Waals surface area contributed by atoms with Crippen molar-refractivity contribution in [1.82, 2.24) is 24.8 Å². The van der Waals surface area contributed by atoms with Crippen molar-refractivity contribution < 1.29 is 19.1 Å². The van der Waals surface area contributed by atoms with Gasteiger partial charge in [-0.25, -0.2) is 4.68 Å². The van der Waals surface area contributed by atoms with Gasteiger partial charge in [-0.1, -0.05) is 22.9 Å². The van der Waals surface area contributed by atoms with E-state index in [2.05, 4.69) is 10.3 Å². The molecule has 0 N–H and O–H groups in total. The van der Waals surface area contributed by atoms with Gasteiger partial charge in [0.2, 0.25) is 5.91 Å². The topological polar surface area (TPSA) is 97.6 Å². The SMILES string of the molecule is CCOC(=O)C1CCCN(C(=O)CN(C)C(=O)c2nnn(-c3ccc(C)cc3)c2C)C1. The molecule has 2 aromatic rings. The first-order valence-corrected chi connectivity index (χ1v) is 10.5. The smallest absolute Gasteiger partial charge is 0.310 e. The van der Waals surface area contributed by atoms with Gasteiger partial charge in [-0.3, -0.25) is 14.4 Å². The number of likely N-dealkylation sites (tertiary alicyclic amines) is 1. The van der Waals surface area contributed by atoms with Crippen molar-refractivity contribution in [2.24, 2.45) is 5.92 Å². The molecule has 1 atom stereocenters. The predicted molar refractivity (Wildman–Crippen MR) is 114 cm³/mol. The molecule has 1 aromatic carbocycles. The van der Waals surface area contributed by atoms with Gasteiger partial charge in [0.1, 0.15) is 0 Å². The van der Waals surface area contributed by atoms with E-state index in [4.69, 9.17) is 4.74 Å². The summed E-state index contributed by atoms with van der Waals surface area (Å²) in [5, 5.41) is 8.15. The molecule has 9 nitrogen and oxygen atoms in total. The van der Waals surface area contributed by atoms with Crippen molar-refractivity contribution in [3.63, 3.8) is 0 Å². The minimum atomic E-state index is -0.372. The first-order valence-electron chi connectivity index (χ1n) is 10.5. The zero-order chi connectivity index (χ0) is 22.5. The van der Waals surface area contributed by atoms with Gasteiger partial charge in [0.25, 0.3) is 5.91 Å². The lowest BCUT2D eigenvalue weighted by Gasteiger charge is -2.32. The van der Waals surface area contributed by atoms with E-state index in [0.29, 0.717) is 31.8 Å². The highest BCUT2D eigenvalue weighted by molar-refractivity contribution is 5.95. The Morgan fingerprint density at radius 2 is 1.90 bits per heavy atom. The first kappa shape index (κ1) is 22.5. The van der Waals surface area contributed by atoms with Crippen LogP contribution in [0.1, 0.15) is 41.5 Å². The number of rotatable bonds is 6. The van der Waals surface area contributed by atoms with E-state index >= 15 is 0 Å². The first-order chi connectivity index (χ1) is 14.8. The van der Waals surface area contributed by atoms with Crippen LogP contribution in [0.25, 0.3) is 5.69 Å². The molecule has 0 saturated carbocycles. The van der Waals surface area contributed by atoms with E-state index in [1.807, 2.05) is 31.2 Å². The summed E-state index contributed by atoms with van der Waals surface area (Å²) in [7, 11) is 1.57. The summed E-state index contributed by atoms with van der Waals surface area (Å²) in [6.07, 6.45) is 1.44. The standard InChI is InChI=1S/C22H29N5O4/c1-5-31-22(30)17-7-6-12-26(13-17)19(28)14-25(4)21(29)20-16(3)27(24-23-20)18-10-8-15(2)9-11-18/h8-11,17H,5-7,12-14H2,1-4H3. The van der Waals surface area contributed by atoms with Crippen LogP contribution in [0.2, 0.25) is 0 Å². The summed E-state index contributed by atoms with van der Waals surface area (Å²) in [5.74, 6) is -1.15. The number of nitrogens with zero attached hydrogens (tertiary/aromatic N) is 5. The Balaban J connectivity index is 1.64. The van der Waals surface area contributed by atoms with Crippen LogP contribution in [0.3, 0.4) is 0 Å². The summed E-state index contributed by atoms with van der Waals surface area (Å²) in [6.45, 7) is 6.66. The van der Waals surface area contributed by atoms with Crippen LogP contribution < -0.4 is 0 Å². The quantitative estimate of drug-likeness (QED) is 0.652. The van der Waals surface area contributed by atoms with E-state index in [-0.39, 0.29) is 35.9 Å². The number of aryl methyl sites for hydroxylation is 1. The van der Waals surface area contributed by atoms with Gasteiger partial charge in [0.15, 0.2) is 5.69 Å². The molecule has 1 aliphatic rings. The molecule has 2 heterocycles. The van der Waals surface area contributed by atoms with Crippen molar-refractivity contribution in [2.45, 2.75) is 33.6 Å². The maximum absolute atomic E-state index is 12.9. The van der Waals surface area contributed by atoms with Gasteiger partial charge in [-0.2, -0.15) is 0 Å². The van der Waals surface area contributed by atoms with Crippen molar-refractivity contribution in [3.8, 4) is 5.69 Å². The Morgan fingerprint density at radius 1 is 1.19 bits per heavy atom. The fourth-order valence-corrected chi connectivity index (χ4v) is 3.67. The summed E-state index contributed by atoms with van der Waals surface area (Å²) in [5.41, 5.74) is 2.75. The van der Waals surface area contributed by atoms with E-state index in [1.54, 1.807) is 30.5 Å². The minimum Gasteiger partial charge on any atom is -0.466 e. The molecule has 2 amide bonds. The zero-order valence-electron chi connectivity index (χ0n) is 18.5. The predicted octanol–water partition coefficient (Wildman–Crippen LogP) is 1.76. The van der Waals surface area contributed by atoms with E-state index in [1.165, 1.54) is 4.90 Å². The average Bonchev–Trinajstić information content (AvgIpc) is 3.15. The lowest BCUT2D eigenvalue weighted by atomic mass is 9.98. The molecule has 0 bridgehead atoms. The second kappa shape index (κ2) is 9.72. The van der Waals surface area contributed by atoms with E-state index in [0.717, 1.165) is 17.7 Å². The minimum absolute atomic E-state index is 0.0921. The van der Waals surface area contributed by atoms with Gasteiger partial charge in [0.05, 0.1) is 30.5 Å². The molecular formula is C22H29N5O4. The van der Waals surface area contributed by atoms with Crippen LogP contribution in [-0.4, -0.2) is 75.9 Å². The number of aromatic nitrogens is 3. The zero-order valence-corrected chi connectivity index (χ0v) is 18.5. The second-order valence-corrected chi connectivity index (χ2v) is 7.86. The summed E-state index contributed by atoms with van der Waals surface area (Å²) < 4.78 is 6.69. The highest BCUT2D eigenvalue weighted by Crippen LogP contribution is 2.19. The Hall–Kier alpha value is -3.23. The number of amides is 2. The van der Waals surface area contributed by atoms with E-state index in [9.17, 15) is 14.4 Å². The number of esters is 1. The molecule has 0 spiro atoms. The van der Waals surface area contributed by atoms with Crippen molar-refractivity contribution in [3.05, 3.63) is 41.2 Å². The van der Waals surface area contributed by atoms with Crippen molar-refractivity contribution >= 4 is 17.8 Å². The summed E-state index contributed by atoms with van der Waals surface area (Å²) in [4.78, 5) is 40.6. The average molecular weight is 428 g/mol. The van der Waals surface area contributed by atoms with Gasteiger partial charge in [-0.15, -0.1) is 5.10 Å². The van der Waals surface area contributed by atoms with Crippen LogP contribution in [0.4, 0.5) is 0 Å². The molecular weight excluding hydrogens is 398 g/mol. The highest BCUT2D eigenvalue weighted by Gasteiger charge is 2.31. The fourth-order valence-electron chi connectivity index (χ4n) is 3.67. The molecule has 9 heteroatoms. The Bertz CT molecular complexity index is 953. The third kappa shape index (κ3) is 5.10. The van der Waals surface area contributed by atoms with Gasteiger partial charge in [-0.05, 0) is 45.7 Å². The number of likely N-dealkylation sites (N-methyl/N-ethyl adjacent to an activating group) is 1. The molecule has 0 radical (unpaired) electrons. The fraction of sp³-hybridized carbons (Fsp3) is 0.500. The maximum atomic E-state index is 12.9. The molecule has 1 unspecified atom stereocenters. The monoisotopic (exact) mass is 427 g/mol. The number of ether oxygens (including phenoxy) is 1. The summed E-state index contributed by atoms with van der Waals surface area (Å²) in [6, 6.07) is 7.75. The number of hydrogen-bond acceptors (Lipinski definition) is 6. The Kier molecular flexibility index (Phi) is 7.04. The van der Waals surface area contributed by atoms with Gasteiger partial charge in [0, 0.05) is 20.1 Å². The number of hydrogen-bond donors (Lipinski definition) is 0. The number of carbonyl (C=O) groups is 3. The molecule has 166 valence electrons. The molecule has 3 rings (SSSR count). The van der Waals surface area contributed by atoms with Crippen LogP contribution in [0.5, 0.6) is 0 Å². The van der Waals surface area contributed by atoms with Gasteiger partial charge < -0.3 is 14.5 Å². The number of benzene rings is 1. The third-order valence-electron chi connectivity index (χ3n) is 5.49. The van der Waals surface area contributed by atoms with Crippen molar-refractivity contribution in [1.29, 1.82) is 0 Å². The highest BCUT2D eigenvalue weighted by atomic mass is 16.5. The molecule has 31 heavy (non-hydrogen) atoms. The molecule has 1 saturated heterocycles. The molecule has 0 aliphatic carbocycles. The summed E-state index contributed by atoms with van der Waals surface area (Å²) >= 11 is 0. The lowest BCUT2D eigenvalue weighted by Crippen LogP contribution is -2.47.